The van der Waals surface area contributed by atoms with Gasteiger partial charge in [-0.2, -0.15) is 0 Å². The zero-order valence-electron chi connectivity index (χ0n) is 16.9. The van der Waals surface area contributed by atoms with Crippen LogP contribution >= 0.6 is 0 Å². The first-order chi connectivity index (χ1) is 14.5. The molecule has 6 nitrogen and oxygen atoms in total. The van der Waals surface area contributed by atoms with E-state index < -0.39 is 4.92 Å². The van der Waals surface area contributed by atoms with Crippen molar-refractivity contribution in [2.45, 2.75) is 38.8 Å². The molecule has 0 fully saturated rings. The highest BCUT2D eigenvalue weighted by molar-refractivity contribution is 5.93. The topological polar surface area (TPSA) is 68.4 Å². The highest BCUT2D eigenvalue weighted by Gasteiger charge is 2.36. The van der Waals surface area contributed by atoms with Crippen LogP contribution in [0, 0.1) is 17.0 Å². The van der Waals surface area contributed by atoms with Crippen LogP contribution in [0.3, 0.4) is 0 Å². The van der Waals surface area contributed by atoms with Gasteiger partial charge in [0.05, 0.1) is 11.0 Å². The first-order valence-corrected chi connectivity index (χ1v) is 10.4. The minimum Gasteiger partial charge on any atom is -0.341 e. The molecular formula is C24H23N3O3. The second-order valence-electron chi connectivity index (χ2n) is 8.16. The summed E-state index contributed by atoms with van der Waals surface area (Å²) in [5, 5.41) is 12.1. The van der Waals surface area contributed by atoms with Gasteiger partial charge in [0, 0.05) is 47.9 Å². The molecule has 2 aliphatic rings. The van der Waals surface area contributed by atoms with Crippen LogP contribution in [0.5, 0.6) is 0 Å². The quantitative estimate of drug-likeness (QED) is 0.360. The lowest BCUT2D eigenvalue weighted by atomic mass is 9.89. The Labute approximate surface area is 174 Å². The first kappa shape index (κ1) is 18.6. The molecule has 3 aromatic rings. The van der Waals surface area contributed by atoms with E-state index in [0.717, 1.165) is 31.4 Å². The van der Waals surface area contributed by atoms with Crippen LogP contribution in [0.25, 0.3) is 17.0 Å². The van der Waals surface area contributed by atoms with Gasteiger partial charge >= 0.3 is 0 Å². The average Bonchev–Trinajstić information content (AvgIpc) is 3.07. The molecular weight excluding hydrogens is 378 g/mol. The normalized spacial score (nSPS) is 18.0. The number of carbonyl (C=O) groups excluding carboxylic acids is 1. The minimum absolute atomic E-state index is 0.00103. The molecule has 1 amide bonds. The smallest absolute Gasteiger partial charge is 0.269 e. The number of hydrogen-bond donors (Lipinski definition) is 0. The van der Waals surface area contributed by atoms with Crippen LogP contribution in [-0.2, 0) is 17.8 Å². The SMILES string of the molecule is Cc1ccc2c(c1)c1c3n2CCN(C(=O)C=Cc2ccc([N+](=O)[O-])cc2)C3CCC1. The third kappa shape index (κ3) is 3.00. The summed E-state index contributed by atoms with van der Waals surface area (Å²) in [6.45, 7) is 3.63. The summed E-state index contributed by atoms with van der Waals surface area (Å²) >= 11 is 0. The summed E-state index contributed by atoms with van der Waals surface area (Å²) in [4.78, 5) is 25.4. The predicted octanol–water partition coefficient (Wildman–Crippen LogP) is 4.79. The van der Waals surface area contributed by atoms with Crippen LogP contribution in [0.2, 0.25) is 0 Å². The molecule has 6 heteroatoms. The van der Waals surface area contributed by atoms with Crippen LogP contribution < -0.4 is 0 Å². The summed E-state index contributed by atoms with van der Waals surface area (Å²) in [7, 11) is 0. The second-order valence-corrected chi connectivity index (χ2v) is 8.16. The number of aromatic nitrogens is 1. The number of aryl methyl sites for hydroxylation is 2. The Kier molecular flexibility index (Phi) is 4.42. The van der Waals surface area contributed by atoms with Gasteiger partial charge in [0.25, 0.3) is 5.69 Å². The van der Waals surface area contributed by atoms with Gasteiger partial charge in [-0.05, 0) is 67.7 Å². The van der Waals surface area contributed by atoms with Crippen LogP contribution in [-0.4, -0.2) is 26.8 Å². The third-order valence-corrected chi connectivity index (χ3v) is 6.33. The number of hydrogen-bond acceptors (Lipinski definition) is 3. The minimum atomic E-state index is -0.423. The monoisotopic (exact) mass is 401 g/mol. The van der Waals surface area contributed by atoms with Crippen molar-refractivity contribution >= 4 is 28.6 Å². The number of carbonyl (C=O) groups is 1. The molecule has 1 unspecified atom stereocenters. The number of rotatable bonds is 3. The number of nitrogens with zero attached hydrogens (tertiary/aromatic N) is 3. The largest absolute Gasteiger partial charge is 0.341 e. The van der Waals surface area contributed by atoms with E-state index in [-0.39, 0.29) is 17.6 Å². The van der Waals surface area contributed by atoms with Crippen molar-refractivity contribution in [1.82, 2.24) is 9.47 Å². The lowest BCUT2D eigenvalue weighted by Crippen LogP contribution is -2.42. The summed E-state index contributed by atoms with van der Waals surface area (Å²) in [5.74, 6) is -0.00103. The summed E-state index contributed by atoms with van der Waals surface area (Å²) in [6, 6.07) is 13.0. The highest BCUT2D eigenvalue weighted by Crippen LogP contribution is 2.42. The van der Waals surface area contributed by atoms with Gasteiger partial charge in [-0.25, -0.2) is 0 Å². The van der Waals surface area contributed by atoms with E-state index in [0.29, 0.717) is 6.54 Å². The predicted molar refractivity (Wildman–Crippen MR) is 116 cm³/mol. The van der Waals surface area contributed by atoms with Crippen molar-refractivity contribution in [3.05, 3.63) is 81.0 Å². The van der Waals surface area contributed by atoms with E-state index in [1.165, 1.54) is 39.9 Å². The summed E-state index contributed by atoms with van der Waals surface area (Å²) in [6.07, 6.45) is 6.47. The molecule has 30 heavy (non-hydrogen) atoms. The fourth-order valence-electron chi connectivity index (χ4n) is 4.95. The molecule has 0 spiro atoms. The zero-order valence-corrected chi connectivity index (χ0v) is 16.9. The Morgan fingerprint density at radius 3 is 2.73 bits per heavy atom. The standard InChI is InChI=1S/C24H23N3O3/c1-16-5-11-21-20(15-16)19-3-2-4-22-24(19)26(21)14-13-25(22)23(28)12-8-17-6-9-18(10-7-17)27(29)30/h5-12,15,22H,2-4,13-14H2,1H3. The second kappa shape index (κ2) is 7.13. The maximum atomic E-state index is 13.1. The third-order valence-electron chi connectivity index (χ3n) is 6.33. The van der Waals surface area contributed by atoms with E-state index in [2.05, 4.69) is 29.7 Å². The number of amides is 1. The molecule has 1 aliphatic carbocycles. The Bertz CT molecular complexity index is 1190. The Morgan fingerprint density at radius 1 is 1.17 bits per heavy atom. The fourth-order valence-corrected chi connectivity index (χ4v) is 4.95. The first-order valence-electron chi connectivity index (χ1n) is 10.4. The van der Waals surface area contributed by atoms with Gasteiger partial charge in [0.2, 0.25) is 5.91 Å². The van der Waals surface area contributed by atoms with Crippen molar-refractivity contribution in [3.63, 3.8) is 0 Å². The van der Waals surface area contributed by atoms with Crippen molar-refractivity contribution in [3.8, 4) is 0 Å². The van der Waals surface area contributed by atoms with Gasteiger partial charge in [0.15, 0.2) is 0 Å². The zero-order chi connectivity index (χ0) is 20.8. The van der Waals surface area contributed by atoms with Gasteiger partial charge in [-0.3, -0.25) is 14.9 Å². The molecule has 5 rings (SSSR count). The van der Waals surface area contributed by atoms with Crippen LogP contribution in [0.15, 0.2) is 48.5 Å². The molecule has 0 radical (unpaired) electrons. The van der Waals surface area contributed by atoms with E-state index in [1.807, 2.05) is 4.90 Å². The molecule has 2 aromatic carbocycles. The van der Waals surface area contributed by atoms with Crippen molar-refractivity contribution in [1.29, 1.82) is 0 Å². The Hall–Kier alpha value is -3.41. The van der Waals surface area contributed by atoms with Gasteiger partial charge in [-0.15, -0.1) is 0 Å². The number of benzene rings is 2. The highest BCUT2D eigenvalue weighted by atomic mass is 16.6. The number of non-ortho nitro benzene ring substituents is 1. The Morgan fingerprint density at radius 2 is 1.97 bits per heavy atom. The molecule has 0 N–H and O–H groups in total. The van der Waals surface area contributed by atoms with Gasteiger partial charge < -0.3 is 9.47 Å². The fraction of sp³-hybridized carbons (Fsp3) is 0.292. The average molecular weight is 401 g/mol. The van der Waals surface area contributed by atoms with E-state index >= 15 is 0 Å². The van der Waals surface area contributed by atoms with Crippen molar-refractivity contribution in [2.24, 2.45) is 0 Å². The van der Waals surface area contributed by atoms with Crippen LogP contribution in [0.4, 0.5) is 5.69 Å². The van der Waals surface area contributed by atoms with Gasteiger partial charge in [0.1, 0.15) is 0 Å². The maximum absolute atomic E-state index is 13.1. The molecule has 0 bridgehead atoms. The molecule has 2 heterocycles. The van der Waals surface area contributed by atoms with E-state index in [4.69, 9.17) is 0 Å². The Balaban J connectivity index is 1.44. The van der Waals surface area contributed by atoms with Crippen molar-refractivity contribution < 1.29 is 9.72 Å². The van der Waals surface area contributed by atoms with Crippen LogP contribution in [0.1, 0.15) is 41.3 Å². The van der Waals surface area contributed by atoms with E-state index in [1.54, 1.807) is 24.3 Å². The number of fused-ring (bicyclic) bond motifs is 3. The van der Waals surface area contributed by atoms with E-state index in [9.17, 15) is 14.9 Å². The lowest BCUT2D eigenvalue weighted by molar-refractivity contribution is -0.384. The lowest BCUT2D eigenvalue weighted by Gasteiger charge is -2.39. The molecule has 1 atom stereocenters. The molecule has 1 aromatic heterocycles. The number of nitro benzene ring substituents is 1. The molecule has 1 aliphatic heterocycles. The summed E-state index contributed by atoms with van der Waals surface area (Å²) < 4.78 is 2.41. The molecule has 0 saturated carbocycles. The summed E-state index contributed by atoms with van der Waals surface area (Å²) in [5.41, 5.74) is 6.09. The van der Waals surface area contributed by atoms with Crippen molar-refractivity contribution in [2.75, 3.05) is 6.54 Å². The number of nitro groups is 1. The van der Waals surface area contributed by atoms with Gasteiger partial charge in [-0.1, -0.05) is 11.6 Å². The molecule has 0 saturated heterocycles. The maximum Gasteiger partial charge on any atom is 0.269 e. The molecule has 152 valence electrons.